The molecular formula is C18H17FN2O2S. The molecule has 0 saturated heterocycles. The zero-order chi connectivity index (χ0) is 17.4. The van der Waals surface area contributed by atoms with Crippen molar-refractivity contribution in [3.63, 3.8) is 0 Å². The largest absolute Gasteiger partial charge is 0.349 e. The molecule has 2 amide bonds. The van der Waals surface area contributed by atoms with E-state index in [1.54, 1.807) is 48.5 Å². The van der Waals surface area contributed by atoms with Gasteiger partial charge in [-0.25, -0.2) is 4.39 Å². The van der Waals surface area contributed by atoms with Crippen molar-refractivity contribution in [3.05, 3.63) is 72.6 Å². The first-order valence-electron chi connectivity index (χ1n) is 7.27. The van der Waals surface area contributed by atoms with Crippen LogP contribution in [0.15, 0.2) is 66.1 Å². The molecule has 2 aromatic carbocycles. The Morgan fingerprint density at radius 3 is 2.58 bits per heavy atom. The van der Waals surface area contributed by atoms with Gasteiger partial charge in [-0.15, -0.1) is 18.3 Å². The van der Waals surface area contributed by atoms with Gasteiger partial charge in [-0.1, -0.05) is 30.3 Å². The van der Waals surface area contributed by atoms with Gasteiger partial charge in [0.2, 0.25) is 5.91 Å². The van der Waals surface area contributed by atoms with Crippen molar-refractivity contribution >= 4 is 29.3 Å². The Kier molecular flexibility index (Phi) is 6.57. The Morgan fingerprint density at radius 1 is 1.12 bits per heavy atom. The van der Waals surface area contributed by atoms with Crippen LogP contribution in [0.2, 0.25) is 0 Å². The fraction of sp³-hybridized carbons (Fsp3) is 0.111. The minimum atomic E-state index is -0.362. The first-order valence-corrected chi connectivity index (χ1v) is 8.25. The van der Waals surface area contributed by atoms with Crippen LogP contribution in [0.25, 0.3) is 0 Å². The van der Waals surface area contributed by atoms with E-state index in [-0.39, 0.29) is 23.4 Å². The van der Waals surface area contributed by atoms with E-state index in [1.807, 2.05) is 0 Å². The molecule has 0 saturated carbocycles. The van der Waals surface area contributed by atoms with Crippen LogP contribution in [0.5, 0.6) is 0 Å². The minimum Gasteiger partial charge on any atom is -0.349 e. The van der Waals surface area contributed by atoms with Crippen molar-refractivity contribution in [2.75, 3.05) is 17.6 Å². The van der Waals surface area contributed by atoms with Gasteiger partial charge >= 0.3 is 0 Å². The Labute approximate surface area is 144 Å². The SMILES string of the molecule is C=CCNC(=O)c1ccccc1NC(=O)CSc1ccccc1F. The van der Waals surface area contributed by atoms with E-state index in [9.17, 15) is 14.0 Å². The molecule has 0 aliphatic rings. The molecule has 124 valence electrons. The average molecular weight is 344 g/mol. The van der Waals surface area contributed by atoms with Gasteiger partial charge in [0.05, 0.1) is 17.0 Å². The average Bonchev–Trinajstić information content (AvgIpc) is 2.59. The summed E-state index contributed by atoms with van der Waals surface area (Å²) < 4.78 is 13.5. The molecule has 2 rings (SSSR count). The quantitative estimate of drug-likeness (QED) is 0.597. The maximum absolute atomic E-state index is 13.5. The predicted molar refractivity (Wildman–Crippen MR) is 94.7 cm³/mol. The van der Waals surface area contributed by atoms with E-state index in [0.717, 1.165) is 11.8 Å². The van der Waals surface area contributed by atoms with E-state index in [1.165, 1.54) is 6.07 Å². The van der Waals surface area contributed by atoms with E-state index >= 15 is 0 Å². The lowest BCUT2D eigenvalue weighted by molar-refractivity contribution is -0.113. The summed E-state index contributed by atoms with van der Waals surface area (Å²) in [5.41, 5.74) is 0.779. The van der Waals surface area contributed by atoms with Gasteiger partial charge < -0.3 is 10.6 Å². The van der Waals surface area contributed by atoms with Gasteiger partial charge in [0, 0.05) is 11.4 Å². The number of rotatable bonds is 7. The fourth-order valence-electron chi connectivity index (χ4n) is 1.94. The molecule has 2 aromatic rings. The molecule has 0 aliphatic heterocycles. The van der Waals surface area contributed by atoms with Crippen molar-refractivity contribution in [3.8, 4) is 0 Å². The summed E-state index contributed by atoms with van der Waals surface area (Å²) >= 11 is 1.10. The Bertz CT molecular complexity index is 749. The third-order valence-electron chi connectivity index (χ3n) is 3.05. The molecule has 0 aromatic heterocycles. The summed E-state index contributed by atoms with van der Waals surface area (Å²) in [5, 5.41) is 5.35. The highest BCUT2D eigenvalue weighted by Gasteiger charge is 2.13. The highest BCUT2D eigenvalue weighted by atomic mass is 32.2. The smallest absolute Gasteiger partial charge is 0.253 e. The third-order valence-corrected chi connectivity index (χ3v) is 4.10. The van der Waals surface area contributed by atoms with Crippen LogP contribution in [0.4, 0.5) is 10.1 Å². The van der Waals surface area contributed by atoms with Gasteiger partial charge in [0.15, 0.2) is 0 Å². The summed E-state index contributed by atoms with van der Waals surface area (Å²) in [4.78, 5) is 24.6. The highest BCUT2D eigenvalue weighted by molar-refractivity contribution is 8.00. The first kappa shape index (κ1) is 17.7. The predicted octanol–water partition coefficient (Wildman–Crippen LogP) is 3.47. The lowest BCUT2D eigenvalue weighted by atomic mass is 10.1. The number of hydrogen-bond acceptors (Lipinski definition) is 3. The Balaban J connectivity index is 2.00. The minimum absolute atomic E-state index is 0.0452. The summed E-state index contributed by atoms with van der Waals surface area (Å²) in [5.74, 6) is -0.928. The van der Waals surface area contributed by atoms with Crippen LogP contribution in [0.1, 0.15) is 10.4 Å². The molecule has 24 heavy (non-hydrogen) atoms. The van der Waals surface area contributed by atoms with Crippen molar-refractivity contribution in [2.45, 2.75) is 4.90 Å². The second-order valence-electron chi connectivity index (χ2n) is 4.81. The van der Waals surface area contributed by atoms with E-state index in [4.69, 9.17) is 0 Å². The number of benzene rings is 2. The number of hydrogen-bond donors (Lipinski definition) is 2. The molecule has 0 unspecified atom stereocenters. The van der Waals surface area contributed by atoms with E-state index in [2.05, 4.69) is 17.2 Å². The number of carbonyl (C=O) groups is 2. The van der Waals surface area contributed by atoms with Gasteiger partial charge in [-0.3, -0.25) is 9.59 Å². The molecule has 0 fully saturated rings. The van der Waals surface area contributed by atoms with Crippen LogP contribution in [-0.2, 0) is 4.79 Å². The highest BCUT2D eigenvalue weighted by Crippen LogP contribution is 2.22. The van der Waals surface area contributed by atoms with Crippen LogP contribution in [-0.4, -0.2) is 24.1 Å². The second-order valence-corrected chi connectivity index (χ2v) is 5.83. The zero-order valence-corrected chi connectivity index (χ0v) is 13.7. The second kappa shape index (κ2) is 8.88. The molecule has 0 bridgehead atoms. The Hall–Kier alpha value is -2.60. The number of anilines is 1. The van der Waals surface area contributed by atoms with Crippen LogP contribution in [0, 0.1) is 5.82 Å². The third kappa shape index (κ3) is 4.96. The molecule has 0 aliphatic carbocycles. The number of thioether (sulfide) groups is 1. The summed E-state index contributed by atoms with van der Waals surface area (Å²) in [6.45, 7) is 3.88. The van der Waals surface area contributed by atoms with E-state index in [0.29, 0.717) is 22.7 Å². The number of nitrogens with one attached hydrogen (secondary N) is 2. The summed E-state index contributed by atoms with van der Waals surface area (Å²) in [6, 6.07) is 13.0. The standard InChI is InChI=1S/C18H17FN2O2S/c1-2-11-20-18(23)13-7-3-5-9-15(13)21-17(22)12-24-16-10-6-4-8-14(16)19/h2-10H,1,11-12H2,(H,20,23)(H,21,22). The van der Waals surface area contributed by atoms with Gasteiger partial charge in [-0.05, 0) is 24.3 Å². The van der Waals surface area contributed by atoms with Gasteiger partial charge in [0.25, 0.3) is 5.91 Å². The molecule has 4 nitrogen and oxygen atoms in total. The van der Waals surface area contributed by atoms with Crippen LogP contribution >= 0.6 is 11.8 Å². The fourth-order valence-corrected chi connectivity index (χ4v) is 2.68. The van der Waals surface area contributed by atoms with Crippen LogP contribution < -0.4 is 10.6 Å². The zero-order valence-electron chi connectivity index (χ0n) is 12.9. The maximum atomic E-state index is 13.5. The van der Waals surface area contributed by atoms with E-state index < -0.39 is 0 Å². The topological polar surface area (TPSA) is 58.2 Å². The van der Waals surface area contributed by atoms with Crippen LogP contribution in [0.3, 0.4) is 0 Å². The maximum Gasteiger partial charge on any atom is 0.253 e. The van der Waals surface area contributed by atoms with Crippen molar-refractivity contribution in [1.29, 1.82) is 0 Å². The van der Waals surface area contributed by atoms with Crippen molar-refractivity contribution in [2.24, 2.45) is 0 Å². The number of para-hydroxylation sites is 1. The molecule has 6 heteroatoms. The van der Waals surface area contributed by atoms with Gasteiger partial charge in [0.1, 0.15) is 5.82 Å². The molecule has 2 N–H and O–H groups in total. The first-order chi connectivity index (χ1) is 11.6. The summed E-state index contributed by atoms with van der Waals surface area (Å²) in [6.07, 6.45) is 1.57. The molecule has 0 heterocycles. The summed E-state index contributed by atoms with van der Waals surface area (Å²) in [7, 11) is 0. The monoisotopic (exact) mass is 344 g/mol. The molecule has 0 radical (unpaired) electrons. The molecular weight excluding hydrogens is 327 g/mol. The number of halogens is 1. The number of amides is 2. The lowest BCUT2D eigenvalue weighted by Crippen LogP contribution is -2.25. The normalized spacial score (nSPS) is 10.0. The molecule has 0 atom stereocenters. The lowest BCUT2D eigenvalue weighted by Gasteiger charge is -2.11. The Morgan fingerprint density at radius 2 is 1.83 bits per heavy atom. The number of carbonyl (C=O) groups excluding carboxylic acids is 2. The van der Waals surface area contributed by atoms with Crippen molar-refractivity contribution < 1.29 is 14.0 Å². The van der Waals surface area contributed by atoms with Gasteiger partial charge in [-0.2, -0.15) is 0 Å². The molecule has 0 spiro atoms. The van der Waals surface area contributed by atoms with Crippen molar-refractivity contribution in [1.82, 2.24) is 5.32 Å².